The average molecular weight is 219 g/mol. The number of carbonyl (C=O) groups excluding carboxylic acids is 1. The molecule has 16 heavy (non-hydrogen) atoms. The number of nitrogens with zero attached hydrogens (tertiary/aromatic N) is 1. The van der Waals surface area contributed by atoms with Gasteiger partial charge in [0.2, 0.25) is 5.91 Å². The van der Waals surface area contributed by atoms with E-state index in [0.29, 0.717) is 5.69 Å². The van der Waals surface area contributed by atoms with Gasteiger partial charge in [0.1, 0.15) is 0 Å². The van der Waals surface area contributed by atoms with Crippen LogP contribution < -0.4 is 4.90 Å². The van der Waals surface area contributed by atoms with Crippen LogP contribution in [0, 0.1) is 6.92 Å². The van der Waals surface area contributed by atoms with Gasteiger partial charge in [0.25, 0.3) is 0 Å². The summed E-state index contributed by atoms with van der Waals surface area (Å²) in [5.74, 6) is -1.80. The van der Waals surface area contributed by atoms with Gasteiger partial charge in [0.15, 0.2) is 0 Å². The van der Waals surface area contributed by atoms with E-state index < -0.39 is 11.9 Å². The van der Waals surface area contributed by atoms with Gasteiger partial charge in [-0.05, 0) is 18.6 Å². The molecule has 0 radical (unpaired) electrons. The second-order valence-corrected chi connectivity index (χ2v) is 4.11. The summed E-state index contributed by atoms with van der Waals surface area (Å²) in [4.78, 5) is 24.3. The molecule has 1 aliphatic heterocycles. The summed E-state index contributed by atoms with van der Waals surface area (Å²) in [7, 11) is 1.68. The summed E-state index contributed by atoms with van der Waals surface area (Å²) in [6.07, 6.45) is 0.0439. The van der Waals surface area contributed by atoms with Gasteiger partial charge in [-0.2, -0.15) is 0 Å². The normalized spacial score (nSPS) is 19.5. The van der Waals surface area contributed by atoms with Crippen LogP contribution in [-0.4, -0.2) is 24.0 Å². The molecule has 0 bridgehead atoms. The van der Waals surface area contributed by atoms with Crippen LogP contribution in [0.2, 0.25) is 0 Å². The van der Waals surface area contributed by atoms with Gasteiger partial charge in [0, 0.05) is 19.2 Å². The number of rotatable bonds is 1. The number of aliphatic carboxylic acids is 1. The number of fused-ring (bicyclic) bond motifs is 1. The third kappa shape index (κ3) is 1.56. The van der Waals surface area contributed by atoms with E-state index in [1.807, 2.05) is 19.1 Å². The third-order valence-electron chi connectivity index (χ3n) is 2.97. The predicted molar refractivity (Wildman–Crippen MR) is 59.6 cm³/mol. The summed E-state index contributed by atoms with van der Waals surface area (Å²) in [5, 5.41) is 9.11. The Hall–Kier alpha value is -1.84. The van der Waals surface area contributed by atoms with Gasteiger partial charge >= 0.3 is 5.97 Å². The Morgan fingerprint density at radius 3 is 2.81 bits per heavy atom. The molecular weight excluding hydrogens is 206 g/mol. The summed E-state index contributed by atoms with van der Waals surface area (Å²) >= 11 is 0. The van der Waals surface area contributed by atoms with Crippen molar-refractivity contribution in [2.24, 2.45) is 0 Å². The smallest absolute Gasteiger partial charge is 0.311 e. The highest BCUT2D eigenvalue weighted by Gasteiger charge is 2.33. The van der Waals surface area contributed by atoms with Crippen molar-refractivity contribution >= 4 is 17.6 Å². The monoisotopic (exact) mass is 219 g/mol. The second-order valence-electron chi connectivity index (χ2n) is 4.11. The first kappa shape index (κ1) is 10.7. The highest BCUT2D eigenvalue weighted by molar-refractivity contribution is 6.01. The van der Waals surface area contributed by atoms with E-state index >= 15 is 0 Å². The van der Waals surface area contributed by atoms with Crippen LogP contribution >= 0.6 is 0 Å². The van der Waals surface area contributed by atoms with E-state index in [1.54, 1.807) is 13.1 Å². The Kier molecular flexibility index (Phi) is 2.42. The number of benzene rings is 1. The summed E-state index contributed by atoms with van der Waals surface area (Å²) in [6, 6.07) is 5.53. The molecule has 0 saturated heterocycles. The Labute approximate surface area is 93.5 Å². The minimum absolute atomic E-state index is 0.0439. The van der Waals surface area contributed by atoms with Crippen molar-refractivity contribution in [1.29, 1.82) is 0 Å². The molecule has 84 valence electrons. The fraction of sp³-hybridized carbons (Fsp3) is 0.333. The topological polar surface area (TPSA) is 57.6 Å². The standard InChI is InChI=1S/C12H13NO3/c1-7-3-4-10-8(5-7)9(12(15)16)6-11(14)13(10)2/h3-5,9H,6H2,1-2H3,(H,15,16)/t9-/m1/s1. The van der Waals surface area contributed by atoms with E-state index in [-0.39, 0.29) is 12.3 Å². The van der Waals surface area contributed by atoms with Gasteiger partial charge in [-0.3, -0.25) is 9.59 Å². The maximum absolute atomic E-state index is 11.6. The first-order valence-corrected chi connectivity index (χ1v) is 5.10. The van der Waals surface area contributed by atoms with E-state index in [2.05, 4.69) is 0 Å². The molecular formula is C12H13NO3. The highest BCUT2D eigenvalue weighted by atomic mass is 16.4. The number of carboxylic acids is 1. The van der Waals surface area contributed by atoms with Crippen molar-refractivity contribution < 1.29 is 14.7 Å². The lowest BCUT2D eigenvalue weighted by molar-refractivity contribution is -0.140. The van der Waals surface area contributed by atoms with Gasteiger partial charge in [0.05, 0.1) is 5.92 Å². The lowest BCUT2D eigenvalue weighted by Crippen LogP contribution is -2.35. The molecule has 4 heteroatoms. The van der Waals surface area contributed by atoms with Crippen molar-refractivity contribution in [3.8, 4) is 0 Å². The number of anilines is 1. The largest absolute Gasteiger partial charge is 0.481 e. The molecule has 0 saturated carbocycles. The van der Waals surface area contributed by atoms with Crippen molar-refractivity contribution in [3.63, 3.8) is 0 Å². The lowest BCUT2D eigenvalue weighted by atomic mass is 9.89. The molecule has 0 aliphatic carbocycles. The number of amides is 1. The predicted octanol–water partition coefficient (Wildman–Crippen LogP) is 1.53. The molecule has 0 aromatic heterocycles. The first-order valence-electron chi connectivity index (χ1n) is 5.10. The van der Waals surface area contributed by atoms with Crippen LogP contribution in [0.3, 0.4) is 0 Å². The minimum atomic E-state index is -0.937. The molecule has 0 unspecified atom stereocenters. The molecule has 1 heterocycles. The summed E-state index contributed by atoms with van der Waals surface area (Å²) in [6.45, 7) is 1.91. The fourth-order valence-electron chi connectivity index (χ4n) is 2.03. The highest BCUT2D eigenvalue weighted by Crippen LogP contribution is 2.35. The van der Waals surface area contributed by atoms with Gasteiger partial charge in [-0.1, -0.05) is 17.7 Å². The zero-order valence-electron chi connectivity index (χ0n) is 9.23. The Balaban J connectivity index is 2.58. The second kappa shape index (κ2) is 3.63. The van der Waals surface area contributed by atoms with Crippen LogP contribution in [0.5, 0.6) is 0 Å². The van der Waals surface area contributed by atoms with Crippen LogP contribution in [-0.2, 0) is 9.59 Å². The van der Waals surface area contributed by atoms with E-state index in [1.165, 1.54) is 4.90 Å². The van der Waals surface area contributed by atoms with Crippen molar-refractivity contribution in [2.75, 3.05) is 11.9 Å². The molecule has 0 spiro atoms. The maximum atomic E-state index is 11.6. The number of hydrogen-bond donors (Lipinski definition) is 1. The van der Waals surface area contributed by atoms with Gasteiger partial charge in [-0.15, -0.1) is 0 Å². The van der Waals surface area contributed by atoms with Gasteiger partial charge in [-0.25, -0.2) is 0 Å². The molecule has 1 atom stereocenters. The van der Waals surface area contributed by atoms with Crippen LogP contribution in [0.25, 0.3) is 0 Å². The Bertz CT molecular complexity index is 467. The fourth-order valence-corrected chi connectivity index (χ4v) is 2.03. The first-order chi connectivity index (χ1) is 7.50. The van der Waals surface area contributed by atoms with Crippen LogP contribution in [0.1, 0.15) is 23.5 Å². The van der Waals surface area contributed by atoms with Crippen LogP contribution in [0.4, 0.5) is 5.69 Å². The summed E-state index contributed by atoms with van der Waals surface area (Å²) < 4.78 is 0. The molecule has 1 aromatic carbocycles. The molecule has 2 rings (SSSR count). The number of hydrogen-bond acceptors (Lipinski definition) is 2. The molecule has 0 fully saturated rings. The number of aryl methyl sites for hydroxylation is 1. The number of carbonyl (C=O) groups is 2. The van der Waals surface area contributed by atoms with Gasteiger partial charge < -0.3 is 10.0 Å². The van der Waals surface area contributed by atoms with E-state index in [4.69, 9.17) is 5.11 Å². The van der Waals surface area contributed by atoms with E-state index in [9.17, 15) is 9.59 Å². The zero-order chi connectivity index (χ0) is 11.9. The minimum Gasteiger partial charge on any atom is -0.481 e. The number of carboxylic acid groups (broad SMARTS) is 1. The Morgan fingerprint density at radius 2 is 2.19 bits per heavy atom. The quantitative estimate of drug-likeness (QED) is 0.779. The average Bonchev–Trinajstić information content (AvgIpc) is 2.22. The molecule has 1 aromatic rings. The maximum Gasteiger partial charge on any atom is 0.311 e. The molecule has 1 N–H and O–H groups in total. The SMILES string of the molecule is Cc1ccc2c(c1)[C@H](C(=O)O)CC(=O)N2C. The molecule has 1 amide bonds. The Morgan fingerprint density at radius 1 is 1.50 bits per heavy atom. The van der Waals surface area contributed by atoms with E-state index in [0.717, 1.165) is 11.1 Å². The van der Waals surface area contributed by atoms with Crippen molar-refractivity contribution in [3.05, 3.63) is 29.3 Å². The molecule has 4 nitrogen and oxygen atoms in total. The molecule has 1 aliphatic rings. The lowest BCUT2D eigenvalue weighted by Gasteiger charge is -2.29. The third-order valence-corrected chi connectivity index (χ3v) is 2.97. The van der Waals surface area contributed by atoms with Crippen molar-refractivity contribution in [2.45, 2.75) is 19.3 Å². The van der Waals surface area contributed by atoms with Crippen LogP contribution in [0.15, 0.2) is 18.2 Å². The summed E-state index contributed by atoms with van der Waals surface area (Å²) in [5.41, 5.74) is 2.44. The van der Waals surface area contributed by atoms with Crippen molar-refractivity contribution in [1.82, 2.24) is 0 Å². The zero-order valence-corrected chi connectivity index (χ0v) is 9.23.